The van der Waals surface area contributed by atoms with Crippen molar-refractivity contribution in [3.8, 4) is 5.88 Å². The number of para-hydroxylation sites is 1. The van der Waals surface area contributed by atoms with Gasteiger partial charge in [-0.15, -0.1) is 4.73 Å². The number of aryl methyl sites for hydroxylation is 1. The summed E-state index contributed by atoms with van der Waals surface area (Å²) in [7, 11) is 0. The fourth-order valence-corrected chi connectivity index (χ4v) is 3.02. The van der Waals surface area contributed by atoms with E-state index in [-0.39, 0.29) is 17.8 Å². The Kier molecular flexibility index (Phi) is 3.78. The Labute approximate surface area is 123 Å². The first-order valence-corrected chi connectivity index (χ1v) is 7.50. The molecule has 2 aromatic rings. The molecule has 1 aromatic carbocycles. The number of aromatic nitrogens is 1. The molecule has 1 aliphatic carbocycles. The number of hydrogen-bond acceptors (Lipinski definition) is 3. The first kappa shape index (κ1) is 13.9. The topological polar surface area (TPSA) is 53.2 Å². The molecule has 0 radical (unpaired) electrons. The summed E-state index contributed by atoms with van der Waals surface area (Å²) in [6.45, 7) is 1.92. The molecular formula is C17H19NO3. The molecule has 4 heteroatoms. The monoisotopic (exact) mass is 285 g/mol. The summed E-state index contributed by atoms with van der Waals surface area (Å²) in [6.07, 6.45) is 5.04. The SMILES string of the molecule is Cc1cc(OC(=O)C2CCCCC2)[n+]([O-])c2ccccc12. The van der Waals surface area contributed by atoms with Crippen molar-refractivity contribution < 1.29 is 14.3 Å². The molecule has 0 unspecified atom stereocenters. The second kappa shape index (κ2) is 5.72. The zero-order chi connectivity index (χ0) is 14.8. The number of nitrogens with zero attached hydrogens (tertiary/aromatic N) is 1. The van der Waals surface area contributed by atoms with Gasteiger partial charge in [0, 0.05) is 6.07 Å². The molecule has 0 saturated heterocycles. The van der Waals surface area contributed by atoms with E-state index in [0.717, 1.165) is 36.6 Å². The normalized spacial score (nSPS) is 16.0. The third-order valence-electron chi connectivity index (χ3n) is 4.23. The standard InChI is InChI=1S/C17H19NO3/c1-12-11-16(18(20)15-10-6-5-9-14(12)15)21-17(19)13-7-3-2-4-8-13/h5-6,9-11,13H,2-4,7-8H2,1H3. The molecule has 0 amide bonds. The first-order chi connectivity index (χ1) is 10.2. The third-order valence-corrected chi connectivity index (χ3v) is 4.23. The molecule has 1 saturated carbocycles. The first-order valence-electron chi connectivity index (χ1n) is 7.50. The number of hydrogen-bond donors (Lipinski definition) is 0. The molecule has 0 aliphatic heterocycles. The number of esters is 1. The van der Waals surface area contributed by atoms with Gasteiger partial charge < -0.3 is 9.94 Å². The molecule has 1 heterocycles. The van der Waals surface area contributed by atoms with Crippen molar-refractivity contribution in [2.45, 2.75) is 39.0 Å². The second-order valence-corrected chi connectivity index (χ2v) is 5.73. The number of carbonyl (C=O) groups excluding carboxylic acids is 1. The van der Waals surface area contributed by atoms with Gasteiger partial charge in [-0.3, -0.25) is 4.79 Å². The number of carbonyl (C=O) groups is 1. The summed E-state index contributed by atoms with van der Waals surface area (Å²) in [5.74, 6) is -0.249. The van der Waals surface area contributed by atoms with E-state index >= 15 is 0 Å². The highest BCUT2D eigenvalue weighted by Gasteiger charge is 2.26. The van der Waals surface area contributed by atoms with Crippen molar-refractivity contribution in [3.63, 3.8) is 0 Å². The van der Waals surface area contributed by atoms with E-state index in [9.17, 15) is 10.0 Å². The zero-order valence-electron chi connectivity index (χ0n) is 12.2. The van der Waals surface area contributed by atoms with Crippen LogP contribution in [0.1, 0.15) is 37.7 Å². The van der Waals surface area contributed by atoms with Crippen LogP contribution in [0.25, 0.3) is 10.9 Å². The number of fused-ring (bicyclic) bond motifs is 1. The van der Waals surface area contributed by atoms with E-state index in [1.165, 1.54) is 6.42 Å². The lowest BCUT2D eigenvalue weighted by atomic mass is 9.89. The van der Waals surface area contributed by atoms with Gasteiger partial charge in [-0.2, -0.15) is 0 Å². The fourth-order valence-electron chi connectivity index (χ4n) is 3.02. The van der Waals surface area contributed by atoms with Crippen molar-refractivity contribution in [2.75, 3.05) is 0 Å². The summed E-state index contributed by atoms with van der Waals surface area (Å²) in [6, 6.07) is 8.99. The maximum absolute atomic E-state index is 12.3. The molecule has 3 rings (SSSR count). The summed E-state index contributed by atoms with van der Waals surface area (Å²) in [5.41, 5.74) is 1.47. The van der Waals surface area contributed by atoms with Crippen LogP contribution in [0.4, 0.5) is 0 Å². The summed E-state index contributed by atoms with van der Waals surface area (Å²) >= 11 is 0. The maximum Gasteiger partial charge on any atom is 0.388 e. The molecule has 110 valence electrons. The van der Waals surface area contributed by atoms with Gasteiger partial charge in [0.2, 0.25) is 5.52 Å². The van der Waals surface area contributed by atoms with Gasteiger partial charge in [0.15, 0.2) is 0 Å². The second-order valence-electron chi connectivity index (χ2n) is 5.73. The van der Waals surface area contributed by atoms with Crippen LogP contribution in [0.15, 0.2) is 30.3 Å². The molecule has 0 N–H and O–H groups in total. The van der Waals surface area contributed by atoms with Crippen LogP contribution in [0.5, 0.6) is 5.88 Å². The van der Waals surface area contributed by atoms with Crippen LogP contribution in [0, 0.1) is 18.0 Å². The molecule has 1 fully saturated rings. The Balaban J connectivity index is 1.90. The van der Waals surface area contributed by atoms with Crippen molar-refractivity contribution in [3.05, 3.63) is 41.1 Å². The van der Waals surface area contributed by atoms with Gasteiger partial charge in [0.25, 0.3) is 0 Å². The lowest BCUT2D eigenvalue weighted by Gasteiger charge is -2.19. The van der Waals surface area contributed by atoms with Gasteiger partial charge in [-0.25, -0.2) is 0 Å². The molecule has 0 atom stereocenters. The Bertz CT molecular complexity index is 675. The Hall–Kier alpha value is -2.10. The largest absolute Gasteiger partial charge is 0.616 e. The Morgan fingerprint density at radius 3 is 2.71 bits per heavy atom. The van der Waals surface area contributed by atoms with Gasteiger partial charge in [-0.1, -0.05) is 31.4 Å². The van der Waals surface area contributed by atoms with Gasteiger partial charge in [-0.05, 0) is 31.4 Å². The van der Waals surface area contributed by atoms with Gasteiger partial charge >= 0.3 is 11.8 Å². The predicted molar refractivity (Wildman–Crippen MR) is 79.9 cm³/mol. The highest BCUT2D eigenvalue weighted by Crippen LogP contribution is 2.26. The van der Waals surface area contributed by atoms with Crippen LogP contribution in [0.3, 0.4) is 0 Å². The van der Waals surface area contributed by atoms with E-state index in [0.29, 0.717) is 10.2 Å². The van der Waals surface area contributed by atoms with Crippen LogP contribution in [0.2, 0.25) is 0 Å². The third kappa shape index (κ3) is 2.71. The number of rotatable bonds is 2. The average Bonchev–Trinajstić information content (AvgIpc) is 2.53. The highest BCUT2D eigenvalue weighted by molar-refractivity contribution is 5.80. The number of ether oxygens (including phenoxy) is 1. The lowest BCUT2D eigenvalue weighted by Crippen LogP contribution is -2.34. The van der Waals surface area contributed by atoms with Crippen molar-refractivity contribution in [2.24, 2.45) is 5.92 Å². The maximum atomic E-state index is 12.3. The predicted octanol–water partition coefficient (Wildman–Crippen LogP) is 3.27. The molecular weight excluding hydrogens is 266 g/mol. The van der Waals surface area contributed by atoms with Crippen molar-refractivity contribution in [1.29, 1.82) is 0 Å². The number of benzene rings is 1. The highest BCUT2D eigenvalue weighted by atomic mass is 16.6. The molecule has 21 heavy (non-hydrogen) atoms. The zero-order valence-corrected chi connectivity index (χ0v) is 12.2. The Morgan fingerprint density at radius 2 is 1.95 bits per heavy atom. The molecule has 1 aromatic heterocycles. The fraction of sp³-hybridized carbons (Fsp3) is 0.412. The van der Waals surface area contributed by atoms with Crippen molar-refractivity contribution >= 4 is 16.9 Å². The Morgan fingerprint density at radius 1 is 1.24 bits per heavy atom. The van der Waals surface area contributed by atoms with Crippen LogP contribution >= 0.6 is 0 Å². The van der Waals surface area contributed by atoms with Crippen molar-refractivity contribution in [1.82, 2.24) is 0 Å². The van der Waals surface area contributed by atoms with Gasteiger partial charge in [0.1, 0.15) is 0 Å². The summed E-state index contributed by atoms with van der Waals surface area (Å²) < 4.78 is 6.10. The van der Waals surface area contributed by atoms with Crippen LogP contribution < -0.4 is 9.47 Å². The van der Waals surface area contributed by atoms with E-state index in [2.05, 4.69) is 0 Å². The summed E-state index contributed by atoms with van der Waals surface area (Å²) in [4.78, 5) is 12.2. The van der Waals surface area contributed by atoms with E-state index < -0.39 is 0 Å². The molecule has 0 spiro atoms. The average molecular weight is 285 g/mol. The van der Waals surface area contributed by atoms with E-state index in [1.54, 1.807) is 12.1 Å². The lowest BCUT2D eigenvalue weighted by molar-refractivity contribution is -0.583. The molecule has 1 aliphatic rings. The minimum absolute atomic E-state index is 0.0643. The van der Waals surface area contributed by atoms with E-state index in [4.69, 9.17) is 4.74 Å². The minimum Gasteiger partial charge on any atom is -0.616 e. The number of pyridine rings is 1. The van der Waals surface area contributed by atoms with E-state index in [1.807, 2.05) is 25.1 Å². The minimum atomic E-state index is -0.269. The van der Waals surface area contributed by atoms with Crippen LogP contribution in [-0.2, 0) is 4.79 Å². The van der Waals surface area contributed by atoms with Crippen LogP contribution in [-0.4, -0.2) is 5.97 Å². The smallest absolute Gasteiger partial charge is 0.388 e. The molecule has 4 nitrogen and oxygen atoms in total. The quantitative estimate of drug-likeness (QED) is 0.483. The molecule has 0 bridgehead atoms. The summed E-state index contributed by atoms with van der Waals surface area (Å²) in [5, 5.41) is 13.2. The van der Waals surface area contributed by atoms with Gasteiger partial charge in [0.05, 0.1) is 17.4 Å².